The second-order valence-electron chi connectivity index (χ2n) is 8.23. The minimum Gasteiger partial charge on any atom is -0.379 e. The van der Waals surface area contributed by atoms with Crippen LogP contribution in [0.15, 0.2) is 30.7 Å². The van der Waals surface area contributed by atoms with Crippen molar-refractivity contribution in [3.63, 3.8) is 0 Å². The molecular formula is C22H29N7O2. The van der Waals surface area contributed by atoms with E-state index in [2.05, 4.69) is 37.0 Å². The number of ether oxygens (including phenoxy) is 1. The Kier molecular flexibility index (Phi) is 5.71. The Morgan fingerprint density at radius 1 is 1.10 bits per heavy atom. The third-order valence-electron chi connectivity index (χ3n) is 6.25. The van der Waals surface area contributed by atoms with Crippen molar-refractivity contribution in [3.8, 4) is 0 Å². The lowest BCUT2D eigenvalue weighted by atomic mass is 10.1. The van der Waals surface area contributed by atoms with Gasteiger partial charge >= 0.3 is 0 Å². The van der Waals surface area contributed by atoms with Gasteiger partial charge in [0.25, 0.3) is 5.91 Å². The predicted octanol–water partition coefficient (Wildman–Crippen LogP) is 0.696. The molecule has 0 spiro atoms. The number of nitrogens with zero attached hydrogens (tertiary/aromatic N) is 6. The molecule has 2 aliphatic heterocycles. The summed E-state index contributed by atoms with van der Waals surface area (Å²) in [6, 6.07) is 5.90. The van der Waals surface area contributed by atoms with Crippen molar-refractivity contribution < 1.29 is 9.53 Å². The van der Waals surface area contributed by atoms with Gasteiger partial charge in [-0.2, -0.15) is 0 Å². The first kappa shape index (κ1) is 20.2. The van der Waals surface area contributed by atoms with Crippen LogP contribution in [0.1, 0.15) is 10.4 Å². The maximum atomic E-state index is 13.4. The molecule has 3 aromatic heterocycles. The van der Waals surface area contributed by atoms with Crippen LogP contribution in [0, 0.1) is 0 Å². The van der Waals surface area contributed by atoms with Crippen molar-refractivity contribution >= 4 is 28.3 Å². The Morgan fingerprint density at radius 2 is 1.90 bits per heavy atom. The van der Waals surface area contributed by atoms with Crippen LogP contribution in [0.5, 0.6) is 0 Å². The number of nitrogens with one attached hydrogen (secondary N) is 1. The van der Waals surface area contributed by atoms with E-state index in [4.69, 9.17) is 4.74 Å². The fourth-order valence-electron chi connectivity index (χ4n) is 4.46. The van der Waals surface area contributed by atoms with Crippen LogP contribution >= 0.6 is 0 Å². The van der Waals surface area contributed by atoms with Crippen molar-refractivity contribution in [1.29, 1.82) is 0 Å². The van der Waals surface area contributed by atoms with E-state index in [-0.39, 0.29) is 5.91 Å². The Balaban J connectivity index is 1.48. The molecule has 0 aromatic carbocycles. The van der Waals surface area contributed by atoms with Crippen LogP contribution in [0.2, 0.25) is 0 Å². The van der Waals surface area contributed by atoms with E-state index < -0.39 is 0 Å². The molecule has 0 saturated carbocycles. The van der Waals surface area contributed by atoms with Gasteiger partial charge in [0.05, 0.1) is 29.7 Å². The predicted molar refractivity (Wildman–Crippen MR) is 120 cm³/mol. The van der Waals surface area contributed by atoms with Gasteiger partial charge < -0.3 is 24.3 Å². The van der Waals surface area contributed by atoms with E-state index in [9.17, 15) is 4.79 Å². The van der Waals surface area contributed by atoms with Crippen molar-refractivity contribution in [2.24, 2.45) is 0 Å². The molecule has 2 saturated heterocycles. The van der Waals surface area contributed by atoms with Crippen molar-refractivity contribution in [3.05, 3.63) is 36.3 Å². The van der Waals surface area contributed by atoms with Gasteiger partial charge in [-0.3, -0.25) is 9.69 Å². The van der Waals surface area contributed by atoms with Gasteiger partial charge in [0.1, 0.15) is 12.1 Å². The number of anilines is 1. The summed E-state index contributed by atoms with van der Waals surface area (Å²) >= 11 is 0. The molecule has 0 radical (unpaired) electrons. The number of likely N-dealkylation sites (N-methyl/N-ethyl adjacent to an activating group) is 1. The van der Waals surface area contributed by atoms with Gasteiger partial charge in [0.15, 0.2) is 5.65 Å². The van der Waals surface area contributed by atoms with Gasteiger partial charge in [-0.1, -0.05) is 6.07 Å². The van der Waals surface area contributed by atoms with Crippen LogP contribution in [0.3, 0.4) is 0 Å². The fraction of sp³-hybridized carbons (Fsp3) is 0.500. The quantitative estimate of drug-likeness (QED) is 0.647. The number of fused-ring (bicyclic) bond motifs is 3. The van der Waals surface area contributed by atoms with E-state index in [1.807, 2.05) is 28.8 Å². The maximum Gasteiger partial charge on any atom is 0.254 e. The molecule has 5 heterocycles. The van der Waals surface area contributed by atoms with Crippen LogP contribution in [-0.2, 0) is 4.74 Å². The van der Waals surface area contributed by atoms with Crippen LogP contribution in [-0.4, -0.2) is 103 Å². The van der Waals surface area contributed by atoms with E-state index in [1.54, 1.807) is 6.33 Å². The van der Waals surface area contributed by atoms with E-state index in [1.165, 1.54) is 0 Å². The summed E-state index contributed by atoms with van der Waals surface area (Å²) in [6.45, 7) is 8.47. The smallest absolute Gasteiger partial charge is 0.254 e. The molecule has 1 amide bonds. The van der Waals surface area contributed by atoms with Crippen molar-refractivity contribution in [2.45, 2.75) is 0 Å². The number of amides is 1. The summed E-state index contributed by atoms with van der Waals surface area (Å²) in [6.07, 6.45) is 3.57. The second kappa shape index (κ2) is 8.78. The van der Waals surface area contributed by atoms with E-state index >= 15 is 0 Å². The van der Waals surface area contributed by atoms with E-state index in [0.717, 1.165) is 81.4 Å². The zero-order valence-corrected chi connectivity index (χ0v) is 18.0. The summed E-state index contributed by atoms with van der Waals surface area (Å²) in [4.78, 5) is 29.5. The number of morpholine rings is 1. The second-order valence-corrected chi connectivity index (χ2v) is 8.23. The zero-order valence-electron chi connectivity index (χ0n) is 18.0. The lowest BCUT2D eigenvalue weighted by Crippen LogP contribution is -2.45. The number of rotatable bonds is 5. The average Bonchev–Trinajstić information content (AvgIpc) is 3.15. The standard InChI is InChI=1S/C22H29N7O2/c1-26-8-10-28(11-9-26)20-19-18(22(30)23-5-7-27-12-14-31-15-13-27)17-4-2-3-6-29(17)21(19)25-16-24-20/h2-4,6,16H,5,7-15H2,1H3,(H,23,30). The number of aromatic nitrogens is 3. The molecule has 0 bridgehead atoms. The first-order valence-corrected chi connectivity index (χ1v) is 11.0. The lowest BCUT2D eigenvalue weighted by molar-refractivity contribution is 0.0383. The Labute approximate surface area is 181 Å². The molecule has 1 N–H and O–H groups in total. The van der Waals surface area contributed by atoms with Crippen LogP contribution in [0.25, 0.3) is 16.6 Å². The normalized spacial score (nSPS) is 18.7. The number of carbonyl (C=O) groups excluding carboxylic acids is 1. The molecule has 0 aliphatic carbocycles. The fourth-order valence-corrected chi connectivity index (χ4v) is 4.46. The van der Waals surface area contributed by atoms with Gasteiger partial charge in [0, 0.05) is 58.6 Å². The number of hydrogen-bond donors (Lipinski definition) is 1. The van der Waals surface area contributed by atoms with Crippen LogP contribution < -0.4 is 10.2 Å². The maximum absolute atomic E-state index is 13.4. The van der Waals surface area contributed by atoms with Gasteiger partial charge in [-0.25, -0.2) is 9.97 Å². The number of carbonyl (C=O) groups is 1. The molecule has 2 fully saturated rings. The molecule has 3 aromatic rings. The summed E-state index contributed by atoms with van der Waals surface area (Å²) < 4.78 is 7.40. The molecule has 2 aliphatic rings. The third kappa shape index (κ3) is 3.96. The third-order valence-corrected chi connectivity index (χ3v) is 6.25. The largest absolute Gasteiger partial charge is 0.379 e. The average molecular weight is 424 g/mol. The zero-order chi connectivity index (χ0) is 21.2. The highest BCUT2D eigenvalue weighted by Crippen LogP contribution is 2.32. The highest BCUT2D eigenvalue weighted by molar-refractivity contribution is 6.16. The molecule has 9 nitrogen and oxygen atoms in total. The molecule has 164 valence electrons. The van der Waals surface area contributed by atoms with Gasteiger partial charge in [-0.05, 0) is 19.2 Å². The van der Waals surface area contributed by atoms with E-state index in [0.29, 0.717) is 12.1 Å². The first-order chi connectivity index (χ1) is 15.2. The lowest BCUT2D eigenvalue weighted by Gasteiger charge is -2.33. The molecular weight excluding hydrogens is 394 g/mol. The highest BCUT2D eigenvalue weighted by Gasteiger charge is 2.26. The molecule has 5 rings (SSSR count). The number of hydrogen-bond acceptors (Lipinski definition) is 7. The minimum atomic E-state index is -0.0721. The number of pyridine rings is 1. The summed E-state index contributed by atoms with van der Waals surface area (Å²) in [5, 5.41) is 3.97. The van der Waals surface area contributed by atoms with Crippen molar-refractivity contribution in [1.82, 2.24) is 29.5 Å². The minimum absolute atomic E-state index is 0.0721. The summed E-state index contributed by atoms with van der Waals surface area (Å²) in [7, 11) is 2.13. The molecule has 9 heteroatoms. The number of piperazine rings is 1. The van der Waals surface area contributed by atoms with Gasteiger partial charge in [0.2, 0.25) is 0 Å². The first-order valence-electron chi connectivity index (χ1n) is 11.0. The Hall–Kier alpha value is -2.75. The Bertz CT molecular complexity index is 1070. The molecule has 0 unspecified atom stereocenters. The highest BCUT2D eigenvalue weighted by atomic mass is 16.5. The van der Waals surface area contributed by atoms with Crippen molar-refractivity contribution in [2.75, 3.05) is 77.5 Å². The topological polar surface area (TPSA) is 78.2 Å². The molecule has 31 heavy (non-hydrogen) atoms. The van der Waals surface area contributed by atoms with Gasteiger partial charge in [-0.15, -0.1) is 0 Å². The Morgan fingerprint density at radius 3 is 2.71 bits per heavy atom. The SMILES string of the molecule is CN1CCN(c2ncnc3c2c(C(=O)NCCN2CCOCC2)c2ccccn23)CC1. The monoisotopic (exact) mass is 423 g/mol. The van der Waals surface area contributed by atoms with Crippen LogP contribution in [0.4, 0.5) is 5.82 Å². The molecule has 0 atom stereocenters. The summed E-state index contributed by atoms with van der Waals surface area (Å²) in [5.74, 6) is 0.775. The summed E-state index contributed by atoms with van der Waals surface area (Å²) in [5.41, 5.74) is 2.29.